The zero-order valence-corrected chi connectivity index (χ0v) is 13.4. The molecule has 0 N–H and O–H groups in total. The Hall–Kier alpha value is -2.47. The van der Waals surface area contributed by atoms with E-state index >= 15 is 0 Å². The molecular formula is C17H21NO5. The Labute approximate surface area is 135 Å². The van der Waals surface area contributed by atoms with E-state index in [-0.39, 0.29) is 12.5 Å². The summed E-state index contributed by atoms with van der Waals surface area (Å²) in [6.07, 6.45) is 1.59. The van der Waals surface area contributed by atoms with Crippen LogP contribution in [0.25, 0.3) is 0 Å². The molecule has 6 heteroatoms. The van der Waals surface area contributed by atoms with Crippen LogP contribution in [0.15, 0.2) is 47.1 Å². The van der Waals surface area contributed by atoms with Gasteiger partial charge in [-0.3, -0.25) is 4.79 Å². The largest absolute Gasteiger partial charge is 0.497 e. The molecule has 0 saturated carbocycles. The normalized spacial score (nSPS) is 10.3. The first-order valence-electron chi connectivity index (χ1n) is 7.29. The molecule has 124 valence electrons. The van der Waals surface area contributed by atoms with Crippen molar-refractivity contribution < 1.29 is 23.4 Å². The van der Waals surface area contributed by atoms with Crippen LogP contribution in [0, 0.1) is 0 Å². The molecule has 0 fully saturated rings. The van der Waals surface area contributed by atoms with Crippen molar-refractivity contribution in [3.8, 4) is 11.5 Å². The molecular weight excluding hydrogens is 298 g/mol. The Bertz CT molecular complexity index is 580. The number of ether oxygens (including phenoxy) is 3. The molecule has 23 heavy (non-hydrogen) atoms. The number of hydrogen-bond donors (Lipinski definition) is 0. The van der Waals surface area contributed by atoms with E-state index in [1.807, 2.05) is 6.07 Å². The second-order valence-electron chi connectivity index (χ2n) is 4.85. The fraction of sp³-hybridized carbons (Fsp3) is 0.353. The Morgan fingerprint density at radius 3 is 2.48 bits per heavy atom. The van der Waals surface area contributed by atoms with Crippen LogP contribution in [0.5, 0.6) is 11.5 Å². The molecule has 2 rings (SSSR count). The number of nitrogens with zero attached hydrogens (tertiary/aromatic N) is 1. The molecule has 2 aromatic rings. The number of carbonyl (C=O) groups excluding carboxylic acids is 1. The molecule has 6 nitrogen and oxygen atoms in total. The molecule has 0 aliphatic rings. The highest BCUT2D eigenvalue weighted by Crippen LogP contribution is 2.17. The summed E-state index contributed by atoms with van der Waals surface area (Å²) in [4.78, 5) is 14.0. The van der Waals surface area contributed by atoms with Crippen molar-refractivity contribution in [3.63, 3.8) is 0 Å². The zero-order valence-electron chi connectivity index (χ0n) is 13.4. The van der Waals surface area contributed by atoms with Crippen molar-refractivity contribution >= 4 is 5.91 Å². The number of hydrogen-bond acceptors (Lipinski definition) is 5. The topological polar surface area (TPSA) is 61.1 Å². The summed E-state index contributed by atoms with van der Waals surface area (Å²) in [6, 6.07) is 10.7. The van der Waals surface area contributed by atoms with Crippen LogP contribution in [0.4, 0.5) is 0 Å². The minimum absolute atomic E-state index is 0.0449. The van der Waals surface area contributed by atoms with E-state index in [0.717, 1.165) is 11.5 Å². The summed E-state index contributed by atoms with van der Waals surface area (Å²) in [7, 11) is 3.20. The number of carbonyl (C=O) groups is 1. The predicted octanol–water partition coefficient (Wildman–Crippen LogP) is 2.34. The SMILES string of the molecule is COCCN(Cc1ccco1)C(=O)COc1ccc(OC)cc1. The van der Waals surface area contributed by atoms with Crippen LogP contribution in [-0.4, -0.2) is 44.8 Å². The first kappa shape index (κ1) is 16.9. The molecule has 0 saturated heterocycles. The molecule has 1 aromatic carbocycles. The van der Waals surface area contributed by atoms with Crippen molar-refractivity contribution in [2.24, 2.45) is 0 Å². The minimum atomic E-state index is -0.130. The highest BCUT2D eigenvalue weighted by Gasteiger charge is 2.16. The van der Waals surface area contributed by atoms with Crippen LogP contribution in [0.3, 0.4) is 0 Å². The lowest BCUT2D eigenvalue weighted by Crippen LogP contribution is -2.36. The highest BCUT2D eigenvalue weighted by molar-refractivity contribution is 5.77. The van der Waals surface area contributed by atoms with E-state index in [9.17, 15) is 4.79 Å². The van der Waals surface area contributed by atoms with E-state index in [2.05, 4.69) is 0 Å². The minimum Gasteiger partial charge on any atom is -0.497 e. The van der Waals surface area contributed by atoms with Crippen molar-refractivity contribution in [1.29, 1.82) is 0 Å². The molecule has 0 atom stereocenters. The molecule has 0 bridgehead atoms. The predicted molar refractivity (Wildman–Crippen MR) is 84.5 cm³/mol. The maximum atomic E-state index is 12.4. The van der Waals surface area contributed by atoms with Crippen molar-refractivity contribution in [1.82, 2.24) is 4.90 Å². The second-order valence-corrected chi connectivity index (χ2v) is 4.85. The van der Waals surface area contributed by atoms with Gasteiger partial charge in [-0.15, -0.1) is 0 Å². The van der Waals surface area contributed by atoms with Gasteiger partial charge in [0.25, 0.3) is 5.91 Å². The first-order valence-corrected chi connectivity index (χ1v) is 7.29. The number of amides is 1. The number of furan rings is 1. The summed E-state index contributed by atoms with van der Waals surface area (Å²) in [5.41, 5.74) is 0. The summed E-state index contributed by atoms with van der Waals surface area (Å²) in [5, 5.41) is 0. The highest BCUT2D eigenvalue weighted by atomic mass is 16.5. The molecule has 1 amide bonds. The van der Waals surface area contributed by atoms with Crippen molar-refractivity contribution in [3.05, 3.63) is 48.4 Å². The average Bonchev–Trinajstić information content (AvgIpc) is 3.10. The van der Waals surface area contributed by atoms with E-state index in [0.29, 0.717) is 25.4 Å². The maximum absolute atomic E-state index is 12.4. The van der Waals surface area contributed by atoms with Gasteiger partial charge in [-0.25, -0.2) is 0 Å². The molecule has 0 radical (unpaired) electrons. The Kier molecular flexibility index (Phi) is 6.50. The van der Waals surface area contributed by atoms with Crippen LogP contribution in [0.2, 0.25) is 0 Å². The Morgan fingerprint density at radius 1 is 1.13 bits per heavy atom. The summed E-state index contributed by atoms with van der Waals surface area (Å²) in [6.45, 7) is 1.27. The van der Waals surface area contributed by atoms with Crippen molar-refractivity contribution in [2.75, 3.05) is 34.0 Å². The summed E-state index contributed by atoms with van der Waals surface area (Å²) >= 11 is 0. The Morgan fingerprint density at radius 2 is 1.87 bits per heavy atom. The van der Waals surface area contributed by atoms with Gasteiger partial charge in [0.15, 0.2) is 6.61 Å². The third-order valence-corrected chi connectivity index (χ3v) is 3.27. The van der Waals surface area contributed by atoms with Gasteiger partial charge in [-0.2, -0.15) is 0 Å². The van der Waals surface area contributed by atoms with E-state index < -0.39 is 0 Å². The second kappa shape index (κ2) is 8.85. The first-order chi connectivity index (χ1) is 11.2. The van der Waals surface area contributed by atoms with Gasteiger partial charge in [0, 0.05) is 13.7 Å². The van der Waals surface area contributed by atoms with Gasteiger partial charge in [0.05, 0.1) is 26.5 Å². The van der Waals surface area contributed by atoms with Gasteiger partial charge in [0.2, 0.25) is 0 Å². The lowest BCUT2D eigenvalue weighted by atomic mass is 10.3. The Balaban J connectivity index is 1.90. The fourth-order valence-corrected chi connectivity index (χ4v) is 1.99. The molecule has 0 unspecified atom stereocenters. The molecule has 0 aliphatic heterocycles. The average molecular weight is 319 g/mol. The van der Waals surface area contributed by atoms with Gasteiger partial charge in [0.1, 0.15) is 17.3 Å². The van der Waals surface area contributed by atoms with Gasteiger partial charge in [-0.1, -0.05) is 0 Å². The van der Waals surface area contributed by atoms with Gasteiger partial charge < -0.3 is 23.5 Å². The zero-order chi connectivity index (χ0) is 16.5. The van der Waals surface area contributed by atoms with E-state index in [1.54, 1.807) is 55.7 Å². The lowest BCUT2D eigenvalue weighted by Gasteiger charge is -2.21. The van der Waals surface area contributed by atoms with E-state index in [4.69, 9.17) is 18.6 Å². The third-order valence-electron chi connectivity index (χ3n) is 3.27. The van der Waals surface area contributed by atoms with Crippen LogP contribution < -0.4 is 9.47 Å². The smallest absolute Gasteiger partial charge is 0.260 e. The lowest BCUT2D eigenvalue weighted by molar-refractivity contribution is -0.134. The molecule has 1 heterocycles. The van der Waals surface area contributed by atoms with Gasteiger partial charge in [-0.05, 0) is 36.4 Å². The van der Waals surface area contributed by atoms with Crippen molar-refractivity contribution in [2.45, 2.75) is 6.54 Å². The summed E-state index contributed by atoms with van der Waals surface area (Å²) in [5.74, 6) is 1.94. The van der Waals surface area contributed by atoms with Crippen LogP contribution >= 0.6 is 0 Å². The fourth-order valence-electron chi connectivity index (χ4n) is 1.99. The third kappa shape index (κ3) is 5.34. The number of methoxy groups -OCH3 is 2. The van der Waals surface area contributed by atoms with Crippen LogP contribution in [0.1, 0.15) is 5.76 Å². The van der Waals surface area contributed by atoms with E-state index in [1.165, 1.54) is 0 Å². The van der Waals surface area contributed by atoms with Gasteiger partial charge >= 0.3 is 0 Å². The maximum Gasteiger partial charge on any atom is 0.260 e. The quantitative estimate of drug-likeness (QED) is 0.710. The molecule has 0 aliphatic carbocycles. The standard InChI is InChI=1S/C17H21NO5/c1-20-11-9-18(12-16-4-3-10-22-16)17(19)13-23-15-7-5-14(21-2)6-8-15/h3-8,10H,9,11-13H2,1-2H3. The molecule has 1 aromatic heterocycles. The summed E-state index contributed by atoms with van der Waals surface area (Å²) < 4.78 is 21.0. The van der Waals surface area contributed by atoms with Crippen LogP contribution in [-0.2, 0) is 16.1 Å². The number of rotatable bonds is 9. The monoisotopic (exact) mass is 319 g/mol. The number of benzene rings is 1. The molecule has 0 spiro atoms.